The fourth-order valence-corrected chi connectivity index (χ4v) is 2.91. The lowest BCUT2D eigenvalue weighted by Gasteiger charge is -2.08. The first-order chi connectivity index (χ1) is 14.0. The predicted octanol–water partition coefficient (Wildman–Crippen LogP) is 3.27. The highest BCUT2D eigenvalue weighted by atomic mass is 16.6. The molecule has 0 saturated carbocycles. The van der Waals surface area contributed by atoms with Gasteiger partial charge < -0.3 is 23.7 Å². The zero-order chi connectivity index (χ0) is 21.0. The quantitative estimate of drug-likeness (QED) is 0.421. The molecule has 0 radical (unpaired) electrons. The largest absolute Gasteiger partial charge is 0.493 e. The van der Waals surface area contributed by atoms with Crippen molar-refractivity contribution in [3.63, 3.8) is 0 Å². The van der Waals surface area contributed by atoms with E-state index in [0.717, 1.165) is 0 Å². The van der Waals surface area contributed by atoms with E-state index < -0.39 is 11.9 Å². The SMILES string of the molecule is COc1ccc(/C=C2/C(=O)OC(=O)/C2=C/c2ccc(OC)c(OC)c2)cc1OC. The van der Waals surface area contributed by atoms with Crippen molar-refractivity contribution in [2.75, 3.05) is 28.4 Å². The average Bonchev–Trinajstić information content (AvgIpc) is 3.00. The van der Waals surface area contributed by atoms with E-state index in [2.05, 4.69) is 0 Å². The van der Waals surface area contributed by atoms with Crippen LogP contribution in [0.25, 0.3) is 12.2 Å². The number of ether oxygens (including phenoxy) is 5. The maximum Gasteiger partial charge on any atom is 0.346 e. The average molecular weight is 396 g/mol. The summed E-state index contributed by atoms with van der Waals surface area (Å²) in [5.41, 5.74) is 1.61. The monoisotopic (exact) mass is 396 g/mol. The first-order valence-corrected chi connectivity index (χ1v) is 8.65. The molecular weight excluding hydrogens is 376 g/mol. The number of benzene rings is 2. The zero-order valence-corrected chi connectivity index (χ0v) is 16.5. The van der Waals surface area contributed by atoms with Gasteiger partial charge in [-0.1, -0.05) is 12.1 Å². The first-order valence-electron chi connectivity index (χ1n) is 8.65. The second kappa shape index (κ2) is 8.52. The maximum absolute atomic E-state index is 12.2. The minimum Gasteiger partial charge on any atom is -0.493 e. The van der Waals surface area contributed by atoms with Crippen LogP contribution in [0.1, 0.15) is 11.1 Å². The summed E-state index contributed by atoms with van der Waals surface area (Å²) in [6, 6.07) is 10.3. The van der Waals surface area contributed by atoms with Crippen molar-refractivity contribution in [2.45, 2.75) is 0 Å². The van der Waals surface area contributed by atoms with Crippen molar-refractivity contribution in [3.05, 3.63) is 58.7 Å². The minimum absolute atomic E-state index is 0.150. The Morgan fingerprint density at radius 1 is 0.621 bits per heavy atom. The van der Waals surface area contributed by atoms with Crippen LogP contribution in [0.4, 0.5) is 0 Å². The summed E-state index contributed by atoms with van der Waals surface area (Å²) in [4.78, 5) is 24.5. The number of hydrogen-bond acceptors (Lipinski definition) is 7. The Labute approximate surface area is 168 Å². The normalized spacial score (nSPS) is 16.1. The van der Waals surface area contributed by atoms with Gasteiger partial charge in [0.1, 0.15) is 0 Å². The molecule has 0 spiro atoms. The number of carbonyl (C=O) groups is 2. The molecule has 0 N–H and O–H groups in total. The summed E-state index contributed by atoms with van der Waals surface area (Å²) in [5.74, 6) is 0.699. The highest BCUT2D eigenvalue weighted by molar-refractivity contribution is 6.22. The molecule has 2 aromatic rings. The smallest absolute Gasteiger partial charge is 0.346 e. The minimum atomic E-state index is -0.712. The summed E-state index contributed by atoms with van der Waals surface area (Å²) >= 11 is 0. The van der Waals surface area contributed by atoms with Gasteiger partial charge in [0.15, 0.2) is 23.0 Å². The highest BCUT2D eigenvalue weighted by Crippen LogP contribution is 2.33. The molecule has 2 aromatic carbocycles. The van der Waals surface area contributed by atoms with Crippen molar-refractivity contribution in [2.24, 2.45) is 0 Å². The van der Waals surface area contributed by atoms with Gasteiger partial charge in [0, 0.05) is 0 Å². The lowest BCUT2D eigenvalue weighted by atomic mass is 10.0. The van der Waals surface area contributed by atoms with E-state index in [0.29, 0.717) is 34.1 Å². The number of rotatable bonds is 6. The first kappa shape index (κ1) is 20.0. The van der Waals surface area contributed by atoms with Gasteiger partial charge in [0.25, 0.3) is 0 Å². The molecule has 1 heterocycles. The Morgan fingerprint density at radius 2 is 1.00 bits per heavy atom. The molecular formula is C22H20O7. The number of methoxy groups -OCH3 is 4. The van der Waals surface area contributed by atoms with Crippen LogP contribution in [-0.4, -0.2) is 40.4 Å². The Balaban J connectivity index is 2.04. The summed E-state index contributed by atoms with van der Waals surface area (Å²) in [6.45, 7) is 0. The lowest BCUT2D eigenvalue weighted by Crippen LogP contribution is -1.97. The van der Waals surface area contributed by atoms with Crippen LogP contribution < -0.4 is 18.9 Å². The Kier molecular flexibility index (Phi) is 5.87. The third-order valence-corrected chi connectivity index (χ3v) is 4.35. The predicted molar refractivity (Wildman–Crippen MR) is 106 cm³/mol. The Morgan fingerprint density at radius 3 is 1.34 bits per heavy atom. The van der Waals surface area contributed by atoms with Crippen LogP contribution in [0.2, 0.25) is 0 Å². The van der Waals surface area contributed by atoms with E-state index in [-0.39, 0.29) is 11.1 Å². The molecule has 1 saturated heterocycles. The standard InChI is InChI=1S/C22H20O7/c1-25-17-7-5-13(11-19(17)27-3)9-15-16(22(24)29-21(15)23)10-14-6-8-18(26-2)20(12-14)28-4/h5-12H,1-4H3/b15-9+,16-10+. The lowest BCUT2D eigenvalue weighted by molar-refractivity contribution is -0.149. The molecule has 0 bridgehead atoms. The molecule has 0 amide bonds. The van der Waals surface area contributed by atoms with Gasteiger partial charge in [-0.3, -0.25) is 0 Å². The third kappa shape index (κ3) is 4.08. The Bertz CT molecular complexity index is 936. The van der Waals surface area contributed by atoms with E-state index in [1.165, 1.54) is 28.4 Å². The van der Waals surface area contributed by atoms with E-state index >= 15 is 0 Å². The van der Waals surface area contributed by atoms with Gasteiger partial charge in [-0.2, -0.15) is 0 Å². The molecule has 0 aromatic heterocycles. The van der Waals surface area contributed by atoms with E-state index in [4.69, 9.17) is 23.7 Å². The summed E-state index contributed by atoms with van der Waals surface area (Å²) < 4.78 is 25.8. The molecule has 0 atom stereocenters. The molecule has 1 aliphatic rings. The zero-order valence-electron chi connectivity index (χ0n) is 16.5. The highest BCUT2D eigenvalue weighted by Gasteiger charge is 2.33. The summed E-state index contributed by atoms with van der Waals surface area (Å²) in [7, 11) is 6.11. The van der Waals surface area contributed by atoms with Gasteiger partial charge in [-0.05, 0) is 47.5 Å². The van der Waals surface area contributed by atoms with Crippen LogP contribution in [0.3, 0.4) is 0 Å². The Hall–Kier alpha value is -3.74. The molecule has 0 aliphatic carbocycles. The second-order valence-corrected chi connectivity index (χ2v) is 6.02. The van der Waals surface area contributed by atoms with Crippen molar-refractivity contribution in [1.29, 1.82) is 0 Å². The summed E-state index contributed by atoms with van der Waals surface area (Å²) in [5, 5.41) is 0. The molecule has 150 valence electrons. The molecule has 0 unspecified atom stereocenters. The van der Waals surface area contributed by atoms with Crippen LogP contribution in [0.15, 0.2) is 47.5 Å². The molecule has 1 fully saturated rings. The fourth-order valence-electron chi connectivity index (χ4n) is 2.91. The van der Waals surface area contributed by atoms with Crippen molar-refractivity contribution >= 4 is 24.1 Å². The van der Waals surface area contributed by atoms with E-state index in [1.807, 2.05) is 0 Å². The number of esters is 2. The molecule has 29 heavy (non-hydrogen) atoms. The van der Waals surface area contributed by atoms with Gasteiger partial charge in [0.2, 0.25) is 0 Å². The summed E-state index contributed by atoms with van der Waals surface area (Å²) in [6.07, 6.45) is 3.14. The third-order valence-electron chi connectivity index (χ3n) is 4.35. The maximum atomic E-state index is 12.2. The van der Waals surface area contributed by atoms with Crippen LogP contribution in [0.5, 0.6) is 23.0 Å². The molecule has 7 heteroatoms. The molecule has 3 rings (SSSR count). The van der Waals surface area contributed by atoms with E-state index in [1.54, 1.807) is 48.6 Å². The second-order valence-electron chi connectivity index (χ2n) is 6.02. The fraction of sp³-hybridized carbons (Fsp3) is 0.182. The topological polar surface area (TPSA) is 80.3 Å². The van der Waals surface area contributed by atoms with Crippen molar-refractivity contribution < 1.29 is 33.3 Å². The van der Waals surface area contributed by atoms with Crippen molar-refractivity contribution in [3.8, 4) is 23.0 Å². The van der Waals surface area contributed by atoms with Gasteiger partial charge in [0.05, 0.1) is 39.6 Å². The van der Waals surface area contributed by atoms with Gasteiger partial charge >= 0.3 is 11.9 Å². The number of carbonyl (C=O) groups excluding carboxylic acids is 2. The molecule has 7 nitrogen and oxygen atoms in total. The van der Waals surface area contributed by atoms with Gasteiger partial charge in [-0.15, -0.1) is 0 Å². The van der Waals surface area contributed by atoms with Crippen molar-refractivity contribution in [1.82, 2.24) is 0 Å². The molecule has 1 aliphatic heterocycles. The number of hydrogen-bond donors (Lipinski definition) is 0. The van der Waals surface area contributed by atoms with Crippen LogP contribution >= 0.6 is 0 Å². The van der Waals surface area contributed by atoms with E-state index in [9.17, 15) is 9.59 Å². The van der Waals surface area contributed by atoms with Crippen LogP contribution in [-0.2, 0) is 14.3 Å². The van der Waals surface area contributed by atoms with Crippen LogP contribution in [0, 0.1) is 0 Å². The van der Waals surface area contributed by atoms with Gasteiger partial charge in [-0.25, -0.2) is 9.59 Å². The number of cyclic esters (lactones) is 2.